The molecule has 1 aliphatic heterocycles. The molecule has 0 bridgehead atoms. The molecule has 6 nitrogen and oxygen atoms in total. The molecule has 1 aromatic heterocycles. The van der Waals surface area contributed by atoms with Crippen LogP contribution in [0.1, 0.15) is 35.4 Å². The fraction of sp³-hybridized carbons (Fsp3) is 0.545. The number of carbonyl (C=O) groups excluding carboxylic acids is 1. The second kappa shape index (κ2) is 4.57. The number of carboxylic acid groups (broad SMARTS) is 1. The number of hydrogen-bond acceptors (Lipinski definition) is 4. The summed E-state index contributed by atoms with van der Waals surface area (Å²) in [6, 6.07) is -0.731. The maximum atomic E-state index is 12.2. The Hall–Kier alpha value is -1.85. The van der Waals surface area contributed by atoms with Crippen molar-refractivity contribution in [3.63, 3.8) is 0 Å². The Kier molecular flexibility index (Phi) is 3.12. The van der Waals surface area contributed by atoms with Gasteiger partial charge in [0.2, 0.25) is 0 Å². The number of nitrogens with zero attached hydrogens (tertiary/aromatic N) is 2. The van der Waals surface area contributed by atoms with E-state index < -0.39 is 12.0 Å². The number of aromatic nitrogens is 1. The van der Waals surface area contributed by atoms with Crippen LogP contribution < -0.4 is 0 Å². The molecule has 0 aliphatic carbocycles. The maximum absolute atomic E-state index is 12.2. The first-order chi connectivity index (χ1) is 8.11. The molecule has 1 saturated heterocycles. The van der Waals surface area contributed by atoms with Crippen LogP contribution in [0.4, 0.5) is 0 Å². The van der Waals surface area contributed by atoms with Gasteiger partial charge in [0, 0.05) is 6.54 Å². The molecule has 17 heavy (non-hydrogen) atoms. The van der Waals surface area contributed by atoms with Crippen LogP contribution in [0, 0.1) is 6.92 Å². The number of aryl methyl sites for hydroxylation is 1. The van der Waals surface area contributed by atoms with E-state index in [4.69, 9.17) is 9.63 Å². The SMILES string of the molecule is Cc1oncc1C(=O)N1CCCC[C@H]1C(=O)O. The highest BCUT2D eigenvalue weighted by Gasteiger charge is 2.33. The third-order valence-corrected chi connectivity index (χ3v) is 3.03. The van der Waals surface area contributed by atoms with Crippen LogP contribution in [0.3, 0.4) is 0 Å². The van der Waals surface area contributed by atoms with Gasteiger partial charge in [-0.3, -0.25) is 4.79 Å². The largest absolute Gasteiger partial charge is 0.480 e. The molecule has 2 heterocycles. The second-order valence-electron chi connectivity index (χ2n) is 4.14. The van der Waals surface area contributed by atoms with Crippen molar-refractivity contribution < 1.29 is 19.2 Å². The molecule has 1 N–H and O–H groups in total. The van der Waals surface area contributed by atoms with Gasteiger partial charge in [-0.05, 0) is 26.2 Å². The monoisotopic (exact) mass is 238 g/mol. The smallest absolute Gasteiger partial charge is 0.326 e. The normalized spacial score (nSPS) is 20.3. The summed E-state index contributed by atoms with van der Waals surface area (Å²) in [5.74, 6) is -0.840. The molecule has 92 valence electrons. The minimum absolute atomic E-state index is 0.309. The van der Waals surface area contributed by atoms with Crippen LogP contribution in [0.2, 0.25) is 0 Å². The second-order valence-corrected chi connectivity index (χ2v) is 4.14. The standard InChI is InChI=1S/C11H14N2O4/c1-7-8(6-12-17-7)10(14)13-5-3-2-4-9(13)11(15)16/h6,9H,2-5H2,1H3,(H,15,16)/t9-/m0/s1. The quantitative estimate of drug-likeness (QED) is 0.832. The highest BCUT2D eigenvalue weighted by atomic mass is 16.5. The predicted molar refractivity (Wildman–Crippen MR) is 57.6 cm³/mol. The molecule has 0 unspecified atom stereocenters. The average molecular weight is 238 g/mol. The molecule has 1 atom stereocenters. The number of aliphatic carboxylic acids is 1. The molecular formula is C11H14N2O4. The number of hydrogen-bond donors (Lipinski definition) is 1. The lowest BCUT2D eigenvalue weighted by Crippen LogP contribution is -2.48. The van der Waals surface area contributed by atoms with E-state index in [1.165, 1.54) is 11.1 Å². The number of rotatable bonds is 2. The van der Waals surface area contributed by atoms with E-state index >= 15 is 0 Å². The highest BCUT2D eigenvalue weighted by Crippen LogP contribution is 2.21. The molecule has 2 rings (SSSR count). The van der Waals surface area contributed by atoms with Gasteiger partial charge in [-0.25, -0.2) is 4.79 Å². The van der Waals surface area contributed by atoms with Gasteiger partial charge in [0.1, 0.15) is 17.4 Å². The summed E-state index contributed by atoms with van der Waals surface area (Å²) < 4.78 is 4.83. The summed E-state index contributed by atoms with van der Waals surface area (Å²) in [4.78, 5) is 24.6. The molecule has 1 aliphatic rings. The Morgan fingerprint density at radius 1 is 1.53 bits per heavy atom. The zero-order chi connectivity index (χ0) is 12.4. The van der Waals surface area contributed by atoms with Gasteiger partial charge in [0.15, 0.2) is 0 Å². The third kappa shape index (κ3) is 2.15. The van der Waals surface area contributed by atoms with Crippen LogP contribution in [-0.4, -0.2) is 39.6 Å². The fourth-order valence-corrected chi connectivity index (χ4v) is 2.09. The average Bonchev–Trinajstić information content (AvgIpc) is 2.74. The van der Waals surface area contributed by atoms with Gasteiger partial charge in [0.05, 0.1) is 6.20 Å². The van der Waals surface area contributed by atoms with Crippen molar-refractivity contribution in [2.45, 2.75) is 32.2 Å². The molecular weight excluding hydrogens is 224 g/mol. The van der Waals surface area contributed by atoms with E-state index in [9.17, 15) is 9.59 Å². The first-order valence-electron chi connectivity index (χ1n) is 5.56. The van der Waals surface area contributed by atoms with Crippen molar-refractivity contribution in [3.05, 3.63) is 17.5 Å². The number of piperidine rings is 1. The summed E-state index contributed by atoms with van der Waals surface area (Å²) in [6.07, 6.45) is 3.51. The van der Waals surface area contributed by atoms with Gasteiger partial charge in [0.25, 0.3) is 5.91 Å². The summed E-state index contributed by atoms with van der Waals surface area (Å²) in [5, 5.41) is 12.6. The molecule has 0 aromatic carbocycles. The highest BCUT2D eigenvalue weighted by molar-refractivity contribution is 5.97. The van der Waals surface area contributed by atoms with Crippen molar-refractivity contribution in [3.8, 4) is 0 Å². The molecule has 6 heteroatoms. The number of amides is 1. The number of likely N-dealkylation sites (tertiary alicyclic amines) is 1. The first-order valence-corrected chi connectivity index (χ1v) is 5.56. The van der Waals surface area contributed by atoms with Crippen LogP contribution in [0.5, 0.6) is 0 Å². The third-order valence-electron chi connectivity index (χ3n) is 3.03. The van der Waals surface area contributed by atoms with Crippen LogP contribution in [0.15, 0.2) is 10.7 Å². The van der Waals surface area contributed by atoms with E-state index in [2.05, 4.69) is 5.16 Å². The van der Waals surface area contributed by atoms with Crippen molar-refractivity contribution in [1.82, 2.24) is 10.1 Å². The van der Waals surface area contributed by atoms with Crippen molar-refractivity contribution >= 4 is 11.9 Å². The van der Waals surface area contributed by atoms with Gasteiger partial charge in [-0.15, -0.1) is 0 Å². The van der Waals surface area contributed by atoms with Crippen molar-refractivity contribution in [2.75, 3.05) is 6.54 Å². The van der Waals surface area contributed by atoms with Crippen LogP contribution in [0.25, 0.3) is 0 Å². The number of carboxylic acids is 1. The van der Waals surface area contributed by atoms with E-state index in [0.29, 0.717) is 24.3 Å². The van der Waals surface area contributed by atoms with E-state index in [1.807, 2.05) is 0 Å². The van der Waals surface area contributed by atoms with Gasteiger partial charge >= 0.3 is 5.97 Å². The van der Waals surface area contributed by atoms with Gasteiger partial charge < -0.3 is 14.5 Å². The van der Waals surface area contributed by atoms with E-state index in [1.54, 1.807) is 6.92 Å². The minimum Gasteiger partial charge on any atom is -0.480 e. The molecule has 0 radical (unpaired) electrons. The molecule has 0 saturated carbocycles. The topological polar surface area (TPSA) is 83.6 Å². The zero-order valence-electron chi connectivity index (χ0n) is 9.55. The lowest BCUT2D eigenvalue weighted by Gasteiger charge is -2.32. The maximum Gasteiger partial charge on any atom is 0.326 e. The Labute approximate surface area is 98.2 Å². The van der Waals surface area contributed by atoms with Crippen molar-refractivity contribution in [2.24, 2.45) is 0 Å². The fourth-order valence-electron chi connectivity index (χ4n) is 2.09. The Bertz CT molecular complexity index is 440. The Morgan fingerprint density at radius 3 is 2.88 bits per heavy atom. The minimum atomic E-state index is -0.952. The van der Waals surface area contributed by atoms with Gasteiger partial charge in [-0.2, -0.15) is 0 Å². The van der Waals surface area contributed by atoms with E-state index in [-0.39, 0.29) is 5.91 Å². The molecule has 1 aromatic rings. The Morgan fingerprint density at radius 2 is 2.29 bits per heavy atom. The Balaban J connectivity index is 2.23. The lowest BCUT2D eigenvalue weighted by molar-refractivity contribution is -0.143. The summed E-state index contributed by atoms with van der Waals surface area (Å²) in [5.41, 5.74) is 0.346. The molecule has 1 fully saturated rings. The van der Waals surface area contributed by atoms with Crippen LogP contribution >= 0.6 is 0 Å². The first kappa shape index (κ1) is 11.6. The van der Waals surface area contributed by atoms with E-state index in [0.717, 1.165) is 12.8 Å². The van der Waals surface area contributed by atoms with Gasteiger partial charge in [-0.1, -0.05) is 5.16 Å². The summed E-state index contributed by atoms with van der Waals surface area (Å²) in [6.45, 7) is 2.11. The number of carbonyl (C=O) groups is 2. The molecule has 1 amide bonds. The molecule has 0 spiro atoms. The predicted octanol–water partition coefficient (Wildman–Crippen LogP) is 1.06. The lowest BCUT2D eigenvalue weighted by atomic mass is 10.0. The summed E-state index contributed by atoms with van der Waals surface area (Å²) >= 11 is 0. The zero-order valence-corrected chi connectivity index (χ0v) is 9.55. The van der Waals surface area contributed by atoms with Crippen LogP contribution in [-0.2, 0) is 4.79 Å². The summed E-state index contributed by atoms with van der Waals surface area (Å²) in [7, 11) is 0. The van der Waals surface area contributed by atoms with Crippen molar-refractivity contribution in [1.29, 1.82) is 0 Å².